The molecule has 1 aromatic heterocycles. The topological polar surface area (TPSA) is 86.8 Å². The van der Waals surface area contributed by atoms with E-state index in [9.17, 15) is 8.42 Å². The summed E-state index contributed by atoms with van der Waals surface area (Å²) in [6.07, 6.45) is 3.07. The minimum absolute atomic E-state index is 0.0305. The molecule has 2 aromatic carbocycles. The highest BCUT2D eigenvalue weighted by Gasteiger charge is 2.21. The van der Waals surface area contributed by atoms with Gasteiger partial charge in [0.05, 0.1) is 33.2 Å². The predicted molar refractivity (Wildman–Crippen MR) is 107 cm³/mol. The second kappa shape index (κ2) is 8.18. The molecule has 3 rings (SSSR count). The molecule has 0 fully saturated rings. The molecule has 8 heteroatoms. The number of sulfonamides is 1. The Hall–Kier alpha value is -3.26. The van der Waals surface area contributed by atoms with Crippen molar-refractivity contribution in [1.82, 2.24) is 4.98 Å². The summed E-state index contributed by atoms with van der Waals surface area (Å²) in [6, 6.07) is 13.7. The molecule has 0 atom stereocenters. The molecule has 1 heterocycles. The molecule has 7 nitrogen and oxygen atoms in total. The first kappa shape index (κ1) is 19.5. The van der Waals surface area contributed by atoms with Gasteiger partial charge >= 0.3 is 0 Å². The molecule has 28 heavy (non-hydrogen) atoms. The minimum atomic E-state index is -3.93. The van der Waals surface area contributed by atoms with Gasteiger partial charge in [-0.15, -0.1) is 0 Å². The SMILES string of the molecule is COc1ccc(OC)c(S(=O)(=O)Nc2cncc(-c3ccccc3OC)c2)c1. The van der Waals surface area contributed by atoms with Crippen LogP contribution in [0.4, 0.5) is 5.69 Å². The van der Waals surface area contributed by atoms with Crippen LogP contribution in [0.1, 0.15) is 0 Å². The molecule has 0 radical (unpaired) electrons. The number of rotatable bonds is 7. The third-order valence-corrected chi connectivity index (χ3v) is 5.47. The molecule has 0 aliphatic rings. The smallest absolute Gasteiger partial charge is 0.265 e. The molecule has 0 unspecified atom stereocenters. The van der Waals surface area contributed by atoms with Crippen LogP contribution in [0.3, 0.4) is 0 Å². The standard InChI is InChI=1S/C20H20N2O5S/c1-25-16-8-9-19(27-3)20(11-16)28(23,24)22-15-10-14(12-21-13-15)17-6-4-5-7-18(17)26-2/h4-13,22H,1-3H3. The maximum atomic E-state index is 12.9. The van der Waals surface area contributed by atoms with E-state index in [1.54, 1.807) is 25.4 Å². The molecule has 0 saturated carbocycles. The molecule has 0 aliphatic heterocycles. The van der Waals surface area contributed by atoms with E-state index in [-0.39, 0.29) is 10.6 Å². The summed E-state index contributed by atoms with van der Waals surface area (Å²) in [6.45, 7) is 0. The van der Waals surface area contributed by atoms with E-state index in [0.29, 0.717) is 17.2 Å². The van der Waals surface area contributed by atoms with Gasteiger partial charge in [-0.3, -0.25) is 9.71 Å². The molecule has 3 aromatic rings. The first-order valence-electron chi connectivity index (χ1n) is 8.32. The largest absolute Gasteiger partial charge is 0.497 e. The van der Waals surface area contributed by atoms with Gasteiger partial charge in [-0.25, -0.2) is 8.42 Å². The third-order valence-electron chi connectivity index (χ3n) is 4.07. The van der Waals surface area contributed by atoms with Crippen LogP contribution >= 0.6 is 0 Å². The zero-order valence-electron chi connectivity index (χ0n) is 15.7. The summed E-state index contributed by atoms with van der Waals surface area (Å²) in [4.78, 5) is 4.12. The van der Waals surface area contributed by atoms with Crippen molar-refractivity contribution in [3.05, 3.63) is 60.9 Å². The van der Waals surface area contributed by atoms with Crippen LogP contribution < -0.4 is 18.9 Å². The Kier molecular flexibility index (Phi) is 5.70. The number of hydrogen-bond donors (Lipinski definition) is 1. The van der Waals surface area contributed by atoms with E-state index in [4.69, 9.17) is 14.2 Å². The summed E-state index contributed by atoms with van der Waals surface area (Å²) < 4.78 is 44.1. The highest BCUT2D eigenvalue weighted by molar-refractivity contribution is 7.92. The average Bonchev–Trinajstić information content (AvgIpc) is 2.73. The van der Waals surface area contributed by atoms with Crippen molar-refractivity contribution in [1.29, 1.82) is 0 Å². The maximum Gasteiger partial charge on any atom is 0.265 e. The molecule has 0 aliphatic carbocycles. The lowest BCUT2D eigenvalue weighted by Gasteiger charge is -2.14. The van der Waals surface area contributed by atoms with Crippen LogP contribution in [0.2, 0.25) is 0 Å². The lowest BCUT2D eigenvalue weighted by atomic mass is 10.1. The summed E-state index contributed by atoms with van der Waals surface area (Å²) in [5.41, 5.74) is 1.83. The summed E-state index contributed by atoms with van der Waals surface area (Å²) in [5.74, 6) is 1.28. The lowest BCUT2D eigenvalue weighted by Crippen LogP contribution is -2.14. The Bertz CT molecular complexity index is 1080. The molecule has 0 saturated heterocycles. The number of pyridine rings is 1. The Morgan fingerprint density at radius 1 is 0.857 bits per heavy atom. The summed E-state index contributed by atoms with van der Waals surface area (Å²) in [5, 5.41) is 0. The Morgan fingerprint density at radius 3 is 2.32 bits per heavy atom. The number of hydrogen-bond acceptors (Lipinski definition) is 6. The van der Waals surface area contributed by atoms with Gasteiger partial charge in [-0.05, 0) is 24.3 Å². The first-order valence-corrected chi connectivity index (χ1v) is 9.80. The second-order valence-corrected chi connectivity index (χ2v) is 7.44. The molecular formula is C20H20N2O5S. The normalized spacial score (nSPS) is 11.0. The van der Waals surface area contributed by atoms with Crippen LogP contribution in [-0.4, -0.2) is 34.7 Å². The molecule has 0 spiro atoms. The number of methoxy groups -OCH3 is 3. The van der Waals surface area contributed by atoms with Crippen molar-refractivity contribution in [2.75, 3.05) is 26.1 Å². The fraction of sp³-hybridized carbons (Fsp3) is 0.150. The number of ether oxygens (including phenoxy) is 3. The first-order chi connectivity index (χ1) is 13.5. The van der Waals surface area contributed by atoms with E-state index in [2.05, 4.69) is 9.71 Å². The fourth-order valence-corrected chi connectivity index (χ4v) is 3.95. The monoisotopic (exact) mass is 400 g/mol. The highest BCUT2D eigenvalue weighted by atomic mass is 32.2. The van der Waals surface area contributed by atoms with Crippen molar-refractivity contribution in [3.63, 3.8) is 0 Å². The van der Waals surface area contributed by atoms with Crippen molar-refractivity contribution in [2.24, 2.45) is 0 Å². The second-order valence-electron chi connectivity index (χ2n) is 5.78. The quantitative estimate of drug-likeness (QED) is 0.652. The van der Waals surface area contributed by atoms with Gasteiger partial charge < -0.3 is 14.2 Å². The highest BCUT2D eigenvalue weighted by Crippen LogP contribution is 2.32. The van der Waals surface area contributed by atoms with Crippen LogP contribution in [0, 0.1) is 0 Å². The molecule has 0 bridgehead atoms. The Balaban J connectivity index is 1.98. The van der Waals surface area contributed by atoms with Crippen LogP contribution in [-0.2, 0) is 10.0 Å². The maximum absolute atomic E-state index is 12.9. The summed E-state index contributed by atoms with van der Waals surface area (Å²) >= 11 is 0. The van der Waals surface area contributed by atoms with Gasteiger partial charge in [0.15, 0.2) is 0 Å². The van der Waals surface area contributed by atoms with Gasteiger partial charge in [-0.1, -0.05) is 18.2 Å². The van der Waals surface area contributed by atoms with Gasteiger partial charge in [0.2, 0.25) is 0 Å². The van der Waals surface area contributed by atoms with Gasteiger partial charge in [0.1, 0.15) is 22.1 Å². The van der Waals surface area contributed by atoms with Crippen molar-refractivity contribution < 1.29 is 22.6 Å². The third kappa shape index (κ3) is 4.01. The number of nitrogens with one attached hydrogen (secondary N) is 1. The Labute approximate surface area is 164 Å². The van der Waals surface area contributed by atoms with Gasteiger partial charge in [0.25, 0.3) is 10.0 Å². The number of para-hydroxylation sites is 1. The van der Waals surface area contributed by atoms with E-state index >= 15 is 0 Å². The fourth-order valence-electron chi connectivity index (χ4n) is 2.73. The van der Waals surface area contributed by atoms with Gasteiger partial charge in [-0.2, -0.15) is 0 Å². The number of aromatic nitrogens is 1. The van der Waals surface area contributed by atoms with Crippen LogP contribution in [0.25, 0.3) is 11.1 Å². The van der Waals surface area contributed by atoms with Crippen molar-refractivity contribution in [2.45, 2.75) is 4.90 Å². The zero-order chi connectivity index (χ0) is 20.1. The average molecular weight is 400 g/mol. The molecule has 1 N–H and O–H groups in total. The minimum Gasteiger partial charge on any atom is -0.497 e. The number of anilines is 1. The summed E-state index contributed by atoms with van der Waals surface area (Å²) in [7, 11) is 0.520. The lowest BCUT2D eigenvalue weighted by molar-refractivity contribution is 0.392. The zero-order valence-corrected chi connectivity index (χ0v) is 16.5. The van der Waals surface area contributed by atoms with E-state index in [0.717, 1.165) is 11.1 Å². The molecule has 0 amide bonds. The van der Waals surface area contributed by atoms with Gasteiger partial charge in [0, 0.05) is 23.4 Å². The van der Waals surface area contributed by atoms with Crippen LogP contribution in [0.15, 0.2) is 65.8 Å². The van der Waals surface area contributed by atoms with E-state index < -0.39 is 10.0 Å². The predicted octanol–water partition coefficient (Wildman–Crippen LogP) is 3.58. The number of benzene rings is 2. The van der Waals surface area contributed by atoms with E-state index in [1.165, 1.54) is 32.5 Å². The molecule has 146 valence electrons. The van der Waals surface area contributed by atoms with Crippen molar-refractivity contribution in [3.8, 4) is 28.4 Å². The van der Waals surface area contributed by atoms with E-state index in [1.807, 2.05) is 24.3 Å². The Morgan fingerprint density at radius 2 is 1.61 bits per heavy atom. The molecular weight excluding hydrogens is 380 g/mol. The van der Waals surface area contributed by atoms with Crippen molar-refractivity contribution >= 4 is 15.7 Å². The number of nitrogens with zero attached hydrogens (tertiary/aromatic N) is 1. The van der Waals surface area contributed by atoms with Crippen LogP contribution in [0.5, 0.6) is 17.2 Å².